The Labute approximate surface area is 112 Å². The van der Waals surface area contributed by atoms with Crippen molar-refractivity contribution in [3.05, 3.63) is 0 Å². The lowest BCUT2D eigenvalue weighted by atomic mass is 9.33. The molecule has 2 atom stereocenters. The third kappa shape index (κ3) is 1.96. The molecule has 3 aliphatic carbocycles. The van der Waals surface area contributed by atoms with Crippen LogP contribution in [-0.4, -0.2) is 28.4 Å². The van der Waals surface area contributed by atoms with Gasteiger partial charge in [0.25, 0.3) is 0 Å². The van der Waals surface area contributed by atoms with Gasteiger partial charge >= 0.3 is 5.97 Å². The van der Waals surface area contributed by atoms with Gasteiger partial charge < -0.3 is 9.29 Å². The highest BCUT2D eigenvalue weighted by Crippen LogP contribution is 2.75. The van der Waals surface area contributed by atoms with Crippen LogP contribution in [0.4, 0.5) is 0 Å². The summed E-state index contributed by atoms with van der Waals surface area (Å²) >= 11 is -1.05. The fourth-order valence-electron chi connectivity index (χ4n) is 3.22. The first-order valence-electron chi connectivity index (χ1n) is 6.42. The summed E-state index contributed by atoms with van der Waals surface area (Å²) in [5.41, 5.74) is -0.0526. The average Bonchev–Trinajstić information content (AvgIpc) is 2.11. The second-order valence-corrected chi connectivity index (χ2v) is 8.88. The molecule has 0 aromatic rings. The van der Waals surface area contributed by atoms with Crippen LogP contribution in [0.5, 0.6) is 0 Å². The first-order valence-corrected chi connectivity index (χ1v) is 7.57. The lowest BCUT2D eigenvalue weighted by Crippen LogP contribution is -2.72. The molecule has 0 amide bonds. The lowest BCUT2D eigenvalue weighted by Gasteiger charge is -2.70. The van der Waals surface area contributed by atoms with Gasteiger partial charge in [-0.05, 0) is 52.4 Å². The van der Waals surface area contributed by atoms with E-state index in [4.69, 9.17) is 4.74 Å². The molecule has 0 aliphatic heterocycles. The van der Waals surface area contributed by atoms with Gasteiger partial charge in [0.15, 0.2) is 0 Å². The maximum Gasteiger partial charge on any atom is 0.311 e. The fourth-order valence-corrected chi connectivity index (χ4v) is 4.15. The first kappa shape index (κ1) is 14.2. The van der Waals surface area contributed by atoms with E-state index in [2.05, 4.69) is 11.6 Å². The molecule has 3 saturated carbocycles. The Bertz CT molecular complexity index is 344. The standard InChI is InChI=1S/C13H23NO3S/c1-9(14-18(16)11(2,3)4)12-6-13(7-12,8-12)10(15)17-5/h9,14H,6-8H2,1-5H3. The van der Waals surface area contributed by atoms with Gasteiger partial charge in [-0.2, -0.15) is 0 Å². The van der Waals surface area contributed by atoms with E-state index in [0.29, 0.717) is 0 Å². The van der Waals surface area contributed by atoms with E-state index in [1.807, 2.05) is 20.8 Å². The predicted molar refractivity (Wildman–Crippen MR) is 71.2 cm³/mol. The van der Waals surface area contributed by atoms with Crippen LogP contribution in [0.1, 0.15) is 47.0 Å². The maximum atomic E-state index is 12.1. The van der Waals surface area contributed by atoms with E-state index in [1.165, 1.54) is 7.11 Å². The topological polar surface area (TPSA) is 61.4 Å². The molecule has 1 N–H and O–H groups in total. The van der Waals surface area contributed by atoms with Crippen LogP contribution in [0.25, 0.3) is 0 Å². The van der Waals surface area contributed by atoms with E-state index in [9.17, 15) is 9.35 Å². The zero-order valence-electron chi connectivity index (χ0n) is 11.8. The quantitative estimate of drug-likeness (QED) is 0.626. The lowest BCUT2D eigenvalue weighted by molar-refractivity contribution is -0.232. The van der Waals surface area contributed by atoms with Crippen LogP contribution in [0.3, 0.4) is 0 Å². The minimum absolute atomic E-state index is 0.0754. The Hall–Kier alpha value is -0.260. The van der Waals surface area contributed by atoms with Gasteiger partial charge in [-0.25, -0.2) is 0 Å². The summed E-state index contributed by atoms with van der Waals surface area (Å²) in [5.74, 6) is -0.0754. The third-order valence-electron chi connectivity index (χ3n) is 4.45. The molecule has 104 valence electrons. The molecule has 3 rings (SSSR count). The normalized spacial score (nSPS) is 37.2. The van der Waals surface area contributed by atoms with Crippen molar-refractivity contribution in [2.75, 3.05) is 7.11 Å². The largest absolute Gasteiger partial charge is 0.598 e. The average molecular weight is 273 g/mol. The number of ether oxygens (including phenoxy) is 1. The molecule has 4 nitrogen and oxygen atoms in total. The summed E-state index contributed by atoms with van der Waals surface area (Å²) in [5, 5.41) is 0. The van der Waals surface area contributed by atoms with E-state index in [-0.39, 0.29) is 27.6 Å². The number of nitrogens with one attached hydrogen (secondary N) is 1. The molecule has 2 unspecified atom stereocenters. The van der Waals surface area contributed by atoms with Crippen LogP contribution in [0.2, 0.25) is 0 Å². The molecule has 0 aromatic carbocycles. The van der Waals surface area contributed by atoms with Crippen LogP contribution in [0, 0.1) is 10.8 Å². The van der Waals surface area contributed by atoms with Crippen LogP contribution >= 0.6 is 0 Å². The number of esters is 1. The Kier molecular flexibility index (Phi) is 3.24. The molecule has 18 heavy (non-hydrogen) atoms. The van der Waals surface area contributed by atoms with Crippen molar-refractivity contribution >= 4 is 17.3 Å². The molecular formula is C13H23NO3S. The smallest absolute Gasteiger partial charge is 0.311 e. The van der Waals surface area contributed by atoms with E-state index in [1.54, 1.807) is 0 Å². The first-order chi connectivity index (χ1) is 8.15. The van der Waals surface area contributed by atoms with E-state index >= 15 is 0 Å². The molecule has 0 radical (unpaired) electrons. The van der Waals surface area contributed by atoms with Crippen molar-refractivity contribution in [1.82, 2.24) is 4.72 Å². The monoisotopic (exact) mass is 273 g/mol. The van der Waals surface area contributed by atoms with E-state index < -0.39 is 11.4 Å². The summed E-state index contributed by atoms with van der Waals surface area (Å²) in [4.78, 5) is 11.6. The van der Waals surface area contributed by atoms with Gasteiger partial charge in [0.05, 0.1) is 18.6 Å². The molecule has 0 aromatic heterocycles. The zero-order chi connectivity index (χ0) is 13.8. The molecule has 2 bridgehead atoms. The molecule has 5 heteroatoms. The zero-order valence-corrected chi connectivity index (χ0v) is 12.6. The SMILES string of the molecule is COC(=O)C12CC(C(C)N[S+]([O-])C(C)(C)C)(C1)C2. The minimum atomic E-state index is -1.05. The summed E-state index contributed by atoms with van der Waals surface area (Å²) in [6, 6.07) is 0.184. The molecule has 3 fully saturated rings. The van der Waals surface area contributed by atoms with Crippen molar-refractivity contribution in [1.29, 1.82) is 0 Å². The van der Waals surface area contributed by atoms with Gasteiger partial charge in [0, 0.05) is 11.4 Å². The molecule has 0 spiro atoms. The van der Waals surface area contributed by atoms with Gasteiger partial charge in [0.1, 0.15) is 4.75 Å². The second kappa shape index (κ2) is 4.12. The predicted octanol–water partition coefficient (Wildman–Crippen LogP) is 1.77. The van der Waals surface area contributed by atoms with Crippen molar-refractivity contribution in [3.63, 3.8) is 0 Å². The summed E-state index contributed by atoms with van der Waals surface area (Å²) in [6.45, 7) is 7.95. The number of methoxy groups -OCH3 is 1. The number of carbonyl (C=O) groups is 1. The van der Waals surface area contributed by atoms with Gasteiger partial charge in [-0.3, -0.25) is 4.79 Å². The van der Waals surface area contributed by atoms with Crippen LogP contribution < -0.4 is 4.72 Å². The van der Waals surface area contributed by atoms with Gasteiger partial charge in [-0.15, -0.1) is 4.72 Å². The Morgan fingerprint density at radius 2 is 1.89 bits per heavy atom. The van der Waals surface area contributed by atoms with Crippen molar-refractivity contribution in [2.24, 2.45) is 10.8 Å². The van der Waals surface area contributed by atoms with E-state index in [0.717, 1.165) is 19.3 Å². The third-order valence-corrected chi connectivity index (χ3v) is 6.13. The molecule has 0 heterocycles. The summed E-state index contributed by atoms with van der Waals surface area (Å²) in [7, 11) is 1.45. The second-order valence-electron chi connectivity index (χ2n) is 6.89. The number of rotatable bonds is 4. The highest BCUT2D eigenvalue weighted by molar-refractivity contribution is 7.90. The summed E-state index contributed by atoms with van der Waals surface area (Å²) in [6.07, 6.45) is 2.63. The minimum Gasteiger partial charge on any atom is -0.598 e. The maximum absolute atomic E-state index is 12.1. The Balaban J connectivity index is 1.88. The van der Waals surface area contributed by atoms with Crippen LogP contribution in [0.15, 0.2) is 0 Å². The van der Waals surface area contributed by atoms with Gasteiger partial charge in [0.2, 0.25) is 0 Å². The molecule has 0 saturated heterocycles. The fraction of sp³-hybridized carbons (Fsp3) is 0.923. The van der Waals surface area contributed by atoms with Crippen LogP contribution in [-0.2, 0) is 20.9 Å². The van der Waals surface area contributed by atoms with Gasteiger partial charge in [-0.1, -0.05) is 0 Å². The highest BCUT2D eigenvalue weighted by atomic mass is 32.2. The highest BCUT2D eigenvalue weighted by Gasteiger charge is 2.74. The Morgan fingerprint density at radius 1 is 1.39 bits per heavy atom. The van der Waals surface area contributed by atoms with Crippen molar-refractivity contribution < 1.29 is 14.1 Å². The number of hydrogen-bond donors (Lipinski definition) is 1. The molecule has 3 aliphatic rings. The van der Waals surface area contributed by atoms with Crippen molar-refractivity contribution in [2.45, 2.75) is 57.7 Å². The van der Waals surface area contributed by atoms with Crippen molar-refractivity contribution in [3.8, 4) is 0 Å². The molecular weight excluding hydrogens is 250 g/mol. The number of carbonyl (C=O) groups excluding carboxylic acids is 1. The number of hydrogen-bond acceptors (Lipinski definition) is 4. The summed E-state index contributed by atoms with van der Waals surface area (Å²) < 4.78 is 19.8. The Morgan fingerprint density at radius 3 is 2.28 bits per heavy atom.